The van der Waals surface area contributed by atoms with Crippen LogP contribution in [0.1, 0.15) is 38.1 Å². The van der Waals surface area contributed by atoms with Gasteiger partial charge in [0, 0.05) is 12.3 Å². The molecular weight excluding hydrogens is 274 g/mol. The molecule has 1 rings (SSSR count). The van der Waals surface area contributed by atoms with Crippen molar-refractivity contribution >= 4 is 16.7 Å². The van der Waals surface area contributed by atoms with E-state index in [9.17, 15) is 14.1 Å². The lowest BCUT2D eigenvalue weighted by atomic mass is 9.92. The number of benzene rings is 1. The third-order valence-corrected chi connectivity index (χ3v) is 4.86. The highest BCUT2D eigenvalue weighted by Crippen LogP contribution is 2.16. The summed E-state index contributed by atoms with van der Waals surface area (Å²) in [7, 11) is -1.18. The van der Waals surface area contributed by atoms with Gasteiger partial charge in [-0.3, -0.25) is 9.00 Å². The predicted molar refractivity (Wildman–Crippen MR) is 81.2 cm³/mol. The maximum atomic E-state index is 12.2. The third kappa shape index (κ3) is 4.15. The molecule has 0 saturated carbocycles. The highest BCUT2D eigenvalue weighted by molar-refractivity contribution is 7.85. The van der Waals surface area contributed by atoms with E-state index >= 15 is 0 Å². The summed E-state index contributed by atoms with van der Waals surface area (Å²) in [6, 6.07) is 6.87. The van der Waals surface area contributed by atoms with Crippen molar-refractivity contribution in [3.05, 3.63) is 29.8 Å². The molecule has 5 heteroatoms. The molecule has 112 valence electrons. The van der Waals surface area contributed by atoms with Crippen molar-refractivity contribution in [3.8, 4) is 0 Å². The van der Waals surface area contributed by atoms with E-state index in [1.165, 1.54) is 0 Å². The van der Waals surface area contributed by atoms with E-state index in [0.29, 0.717) is 16.2 Å². The van der Waals surface area contributed by atoms with Crippen LogP contribution in [-0.2, 0) is 10.8 Å². The summed E-state index contributed by atoms with van der Waals surface area (Å²) in [5, 5.41) is 12.9. The van der Waals surface area contributed by atoms with Crippen LogP contribution in [-0.4, -0.2) is 33.1 Å². The second kappa shape index (κ2) is 6.99. The lowest BCUT2D eigenvalue weighted by Crippen LogP contribution is -2.44. The number of carbonyl (C=O) groups is 1. The standard InChI is InChI=1S/C15H23NO3S/c1-5-20(19)13-9-7-6-8-12(13)14(17)16-10-15(4,18)11(2)3/h6-9,11,18H,5,10H2,1-4H3,(H,16,17). The van der Waals surface area contributed by atoms with E-state index in [0.717, 1.165) is 0 Å². The van der Waals surface area contributed by atoms with Gasteiger partial charge in [-0.25, -0.2) is 0 Å². The lowest BCUT2D eigenvalue weighted by Gasteiger charge is -2.27. The fraction of sp³-hybridized carbons (Fsp3) is 0.533. The van der Waals surface area contributed by atoms with Gasteiger partial charge in [0.25, 0.3) is 5.91 Å². The summed E-state index contributed by atoms with van der Waals surface area (Å²) in [4.78, 5) is 12.7. The maximum Gasteiger partial charge on any atom is 0.252 e. The van der Waals surface area contributed by atoms with E-state index in [1.54, 1.807) is 31.2 Å². The topological polar surface area (TPSA) is 66.4 Å². The Morgan fingerprint density at radius 1 is 1.40 bits per heavy atom. The average Bonchev–Trinajstić information content (AvgIpc) is 2.43. The summed E-state index contributed by atoms with van der Waals surface area (Å²) in [6.45, 7) is 7.46. The second-order valence-electron chi connectivity index (χ2n) is 5.32. The number of aliphatic hydroxyl groups is 1. The second-order valence-corrected chi connectivity index (χ2v) is 7.03. The number of hydrogen-bond acceptors (Lipinski definition) is 3. The molecule has 1 aromatic rings. The van der Waals surface area contributed by atoms with Crippen LogP contribution in [0.4, 0.5) is 0 Å². The van der Waals surface area contributed by atoms with Gasteiger partial charge >= 0.3 is 0 Å². The molecule has 0 fully saturated rings. The molecule has 2 atom stereocenters. The Kier molecular flexibility index (Phi) is 5.89. The largest absolute Gasteiger partial charge is 0.388 e. The van der Waals surface area contributed by atoms with Crippen LogP contribution < -0.4 is 5.32 Å². The Bertz CT molecular complexity index is 498. The first-order valence-electron chi connectivity index (χ1n) is 6.77. The summed E-state index contributed by atoms with van der Waals surface area (Å²) < 4.78 is 11.9. The molecule has 2 N–H and O–H groups in total. The van der Waals surface area contributed by atoms with Gasteiger partial charge in [0.1, 0.15) is 0 Å². The van der Waals surface area contributed by atoms with Gasteiger partial charge in [-0.2, -0.15) is 0 Å². The molecule has 0 aliphatic carbocycles. The van der Waals surface area contributed by atoms with E-state index in [-0.39, 0.29) is 18.4 Å². The zero-order valence-corrected chi connectivity index (χ0v) is 13.3. The van der Waals surface area contributed by atoms with Crippen LogP contribution >= 0.6 is 0 Å². The minimum Gasteiger partial charge on any atom is -0.388 e. The molecule has 4 nitrogen and oxygen atoms in total. The maximum absolute atomic E-state index is 12.2. The van der Waals surface area contributed by atoms with Gasteiger partial charge in [-0.1, -0.05) is 32.9 Å². The molecule has 20 heavy (non-hydrogen) atoms. The van der Waals surface area contributed by atoms with E-state index < -0.39 is 16.4 Å². The van der Waals surface area contributed by atoms with Crippen LogP contribution in [0, 0.1) is 5.92 Å². The molecule has 0 heterocycles. The highest BCUT2D eigenvalue weighted by atomic mass is 32.2. The van der Waals surface area contributed by atoms with Gasteiger partial charge in [-0.05, 0) is 25.0 Å². The SMILES string of the molecule is CCS(=O)c1ccccc1C(=O)NCC(C)(O)C(C)C. The summed E-state index contributed by atoms with van der Waals surface area (Å²) >= 11 is 0. The normalized spacial score (nSPS) is 15.7. The van der Waals surface area contributed by atoms with Crippen LogP contribution in [0.25, 0.3) is 0 Å². The average molecular weight is 297 g/mol. The first-order chi connectivity index (χ1) is 9.29. The molecule has 0 aliphatic heterocycles. The number of carbonyl (C=O) groups excluding carboxylic acids is 1. The number of nitrogens with one attached hydrogen (secondary N) is 1. The van der Waals surface area contributed by atoms with E-state index in [4.69, 9.17) is 0 Å². The molecule has 0 bridgehead atoms. The van der Waals surface area contributed by atoms with Crippen LogP contribution in [0.2, 0.25) is 0 Å². The number of hydrogen-bond donors (Lipinski definition) is 2. The molecule has 0 radical (unpaired) electrons. The summed E-state index contributed by atoms with van der Waals surface area (Å²) in [5.74, 6) is 0.194. The summed E-state index contributed by atoms with van der Waals surface area (Å²) in [6.07, 6.45) is 0. The molecular formula is C15H23NO3S. The first kappa shape index (κ1) is 16.9. The zero-order valence-electron chi connectivity index (χ0n) is 12.5. The van der Waals surface area contributed by atoms with Crippen LogP contribution in [0.3, 0.4) is 0 Å². The zero-order chi connectivity index (χ0) is 15.3. The molecule has 0 aliphatic rings. The molecule has 0 aromatic heterocycles. The van der Waals surface area contributed by atoms with Crippen molar-refractivity contribution in [1.29, 1.82) is 0 Å². The molecule has 1 amide bonds. The van der Waals surface area contributed by atoms with Gasteiger partial charge in [-0.15, -0.1) is 0 Å². The molecule has 2 unspecified atom stereocenters. The number of amides is 1. The smallest absolute Gasteiger partial charge is 0.252 e. The molecule has 0 spiro atoms. The minimum absolute atomic E-state index is 0.0304. The van der Waals surface area contributed by atoms with E-state index in [1.807, 2.05) is 20.8 Å². The Balaban J connectivity index is 2.86. The Morgan fingerprint density at radius 2 is 2.00 bits per heavy atom. The van der Waals surface area contributed by atoms with Crippen LogP contribution in [0.5, 0.6) is 0 Å². The van der Waals surface area contributed by atoms with Crippen molar-refractivity contribution in [2.45, 2.75) is 38.2 Å². The number of rotatable bonds is 6. The first-order valence-corrected chi connectivity index (χ1v) is 8.09. The highest BCUT2D eigenvalue weighted by Gasteiger charge is 2.26. The van der Waals surface area contributed by atoms with Crippen molar-refractivity contribution in [3.63, 3.8) is 0 Å². The van der Waals surface area contributed by atoms with Gasteiger partial charge in [0.2, 0.25) is 0 Å². The van der Waals surface area contributed by atoms with Gasteiger partial charge < -0.3 is 10.4 Å². The lowest BCUT2D eigenvalue weighted by molar-refractivity contribution is 0.0142. The fourth-order valence-electron chi connectivity index (χ4n) is 1.57. The van der Waals surface area contributed by atoms with E-state index in [2.05, 4.69) is 5.32 Å². The Hall–Kier alpha value is -1.20. The fourth-order valence-corrected chi connectivity index (χ4v) is 2.51. The quantitative estimate of drug-likeness (QED) is 0.843. The van der Waals surface area contributed by atoms with Gasteiger partial charge in [0.15, 0.2) is 0 Å². The third-order valence-electron chi connectivity index (χ3n) is 3.49. The molecule has 1 aromatic carbocycles. The van der Waals surface area contributed by atoms with Crippen molar-refractivity contribution in [2.24, 2.45) is 5.92 Å². The van der Waals surface area contributed by atoms with Crippen molar-refractivity contribution in [1.82, 2.24) is 5.32 Å². The van der Waals surface area contributed by atoms with Crippen molar-refractivity contribution in [2.75, 3.05) is 12.3 Å². The van der Waals surface area contributed by atoms with Gasteiger partial charge in [0.05, 0.1) is 26.9 Å². The van der Waals surface area contributed by atoms with Crippen molar-refractivity contribution < 1.29 is 14.1 Å². The Labute approximate surface area is 123 Å². The Morgan fingerprint density at radius 3 is 2.55 bits per heavy atom. The predicted octanol–water partition coefficient (Wildman–Crippen LogP) is 1.95. The summed E-state index contributed by atoms with van der Waals surface area (Å²) in [5.41, 5.74) is -0.554. The minimum atomic E-state index is -1.18. The van der Waals surface area contributed by atoms with Crippen LogP contribution in [0.15, 0.2) is 29.2 Å². The monoisotopic (exact) mass is 297 g/mol. The molecule has 0 saturated heterocycles.